The van der Waals surface area contributed by atoms with Gasteiger partial charge in [-0.15, -0.1) is 0 Å². The fourth-order valence-corrected chi connectivity index (χ4v) is 1.72. The molecule has 0 saturated heterocycles. The maximum atomic E-state index is 11.7. The van der Waals surface area contributed by atoms with Crippen molar-refractivity contribution in [1.82, 2.24) is 4.98 Å². The third kappa shape index (κ3) is 4.12. The van der Waals surface area contributed by atoms with E-state index in [1.807, 2.05) is 0 Å². The summed E-state index contributed by atoms with van der Waals surface area (Å²) in [7, 11) is 0. The first kappa shape index (κ1) is 14.7. The molecule has 106 valence electrons. The second-order valence-electron chi connectivity index (χ2n) is 4.01. The van der Waals surface area contributed by atoms with E-state index in [0.29, 0.717) is 10.6 Å². The van der Waals surface area contributed by atoms with Gasteiger partial charge in [-0.1, -0.05) is 23.7 Å². The number of anilines is 1. The zero-order valence-electron chi connectivity index (χ0n) is 10.7. The van der Waals surface area contributed by atoms with Gasteiger partial charge in [-0.2, -0.15) is 0 Å². The van der Waals surface area contributed by atoms with Gasteiger partial charge >= 0.3 is 0 Å². The van der Waals surface area contributed by atoms with Crippen LogP contribution in [0.3, 0.4) is 0 Å². The van der Waals surface area contributed by atoms with Crippen LogP contribution in [0.4, 0.5) is 11.5 Å². The number of nitrogens with zero attached hydrogens (tertiary/aromatic N) is 2. The lowest BCUT2D eigenvalue weighted by Gasteiger charge is -2.02. The minimum atomic E-state index is -0.495. The molecule has 0 aliphatic heterocycles. The summed E-state index contributed by atoms with van der Waals surface area (Å²) in [4.78, 5) is 25.8. The number of halogens is 1. The number of aromatic nitrogens is 1. The molecule has 1 aromatic carbocycles. The number of carbonyl (C=O) groups is 1. The van der Waals surface area contributed by atoms with Crippen LogP contribution >= 0.6 is 11.6 Å². The first-order valence-corrected chi connectivity index (χ1v) is 6.28. The van der Waals surface area contributed by atoms with Crippen LogP contribution in [0, 0.1) is 10.1 Å². The van der Waals surface area contributed by atoms with Crippen LogP contribution in [0.5, 0.6) is 0 Å². The third-order valence-electron chi connectivity index (χ3n) is 2.51. The zero-order valence-corrected chi connectivity index (χ0v) is 11.4. The lowest BCUT2D eigenvalue weighted by atomic mass is 10.2. The molecular weight excluding hydrogens is 294 g/mol. The van der Waals surface area contributed by atoms with E-state index < -0.39 is 10.8 Å². The number of pyridine rings is 1. The van der Waals surface area contributed by atoms with Crippen molar-refractivity contribution in [3.8, 4) is 0 Å². The predicted molar refractivity (Wildman–Crippen MR) is 80.0 cm³/mol. The molecule has 0 aliphatic carbocycles. The minimum Gasteiger partial charge on any atom is -0.306 e. The zero-order chi connectivity index (χ0) is 15.2. The van der Waals surface area contributed by atoms with Crippen molar-refractivity contribution in [2.75, 3.05) is 5.32 Å². The molecule has 0 unspecified atom stereocenters. The topological polar surface area (TPSA) is 85.1 Å². The van der Waals surface area contributed by atoms with Crippen molar-refractivity contribution >= 4 is 35.1 Å². The highest BCUT2D eigenvalue weighted by Crippen LogP contribution is 2.17. The van der Waals surface area contributed by atoms with Gasteiger partial charge in [0, 0.05) is 24.4 Å². The third-order valence-corrected chi connectivity index (χ3v) is 2.81. The molecule has 1 amide bonds. The summed E-state index contributed by atoms with van der Waals surface area (Å²) in [5.41, 5.74) is 0.511. The first-order valence-electron chi connectivity index (χ1n) is 5.90. The van der Waals surface area contributed by atoms with Gasteiger partial charge in [0.2, 0.25) is 5.91 Å². The second kappa shape index (κ2) is 6.62. The molecule has 6 nitrogen and oxygen atoms in total. The molecule has 2 rings (SSSR count). The number of hydrogen-bond acceptors (Lipinski definition) is 4. The molecule has 1 aromatic heterocycles. The van der Waals surface area contributed by atoms with Crippen molar-refractivity contribution in [1.29, 1.82) is 0 Å². The number of carbonyl (C=O) groups excluding carboxylic acids is 1. The van der Waals surface area contributed by atoms with Crippen molar-refractivity contribution < 1.29 is 9.72 Å². The van der Waals surface area contributed by atoms with Gasteiger partial charge in [0.25, 0.3) is 5.69 Å². The summed E-state index contributed by atoms with van der Waals surface area (Å²) < 4.78 is 0. The van der Waals surface area contributed by atoms with Gasteiger partial charge in [-0.25, -0.2) is 4.98 Å². The number of nitro benzene ring substituents is 1. The number of amides is 1. The number of hydrogen-bond donors (Lipinski definition) is 1. The quantitative estimate of drug-likeness (QED) is 0.533. The van der Waals surface area contributed by atoms with Crippen LogP contribution in [0.2, 0.25) is 5.02 Å². The number of non-ortho nitro benzene ring substituents is 1. The number of nitro groups is 1. The molecule has 0 atom stereocenters. The molecule has 0 aliphatic rings. The second-order valence-corrected chi connectivity index (χ2v) is 4.42. The summed E-state index contributed by atoms with van der Waals surface area (Å²) in [6.45, 7) is 0. The van der Waals surface area contributed by atoms with Crippen LogP contribution < -0.4 is 5.32 Å². The van der Waals surface area contributed by atoms with E-state index in [4.69, 9.17) is 11.6 Å². The Balaban J connectivity index is 2.07. The Morgan fingerprint density at radius 3 is 2.86 bits per heavy atom. The molecule has 7 heteroatoms. The van der Waals surface area contributed by atoms with Crippen LogP contribution in [0.25, 0.3) is 6.08 Å². The molecule has 1 N–H and O–H groups in total. The Hall–Kier alpha value is -2.73. The SMILES string of the molecule is O=C(/C=C/c1cccc([N+](=O)[O-])c1)Nc1ncccc1Cl. The molecule has 0 spiro atoms. The van der Waals surface area contributed by atoms with Gasteiger partial charge in [0.05, 0.1) is 9.95 Å². The largest absolute Gasteiger partial charge is 0.306 e. The number of rotatable bonds is 4. The Kier molecular flexibility index (Phi) is 4.63. The van der Waals surface area contributed by atoms with E-state index in [1.54, 1.807) is 24.3 Å². The van der Waals surface area contributed by atoms with Crippen molar-refractivity contribution in [3.63, 3.8) is 0 Å². The maximum Gasteiger partial charge on any atom is 0.270 e. The highest BCUT2D eigenvalue weighted by Gasteiger charge is 2.05. The normalized spacial score (nSPS) is 10.5. The molecular formula is C14H10ClN3O3. The van der Waals surface area contributed by atoms with Gasteiger partial charge < -0.3 is 5.32 Å². The van der Waals surface area contributed by atoms with E-state index >= 15 is 0 Å². The van der Waals surface area contributed by atoms with Gasteiger partial charge in [0.1, 0.15) is 0 Å². The molecule has 1 heterocycles. The molecule has 2 aromatic rings. The smallest absolute Gasteiger partial charge is 0.270 e. The van der Waals surface area contributed by atoms with Gasteiger partial charge in [0.15, 0.2) is 5.82 Å². The van der Waals surface area contributed by atoms with Crippen molar-refractivity contribution in [3.05, 3.63) is 69.4 Å². The standard InChI is InChI=1S/C14H10ClN3O3/c15-12-5-2-8-16-14(12)17-13(19)7-6-10-3-1-4-11(9-10)18(20)21/h1-9H,(H,16,17,19)/b7-6+. The Morgan fingerprint density at radius 2 is 2.14 bits per heavy atom. The van der Waals surface area contributed by atoms with Crippen LogP contribution in [-0.4, -0.2) is 15.8 Å². The lowest BCUT2D eigenvalue weighted by molar-refractivity contribution is -0.384. The van der Waals surface area contributed by atoms with E-state index in [0.717, 1.165) is 0 Å². The van der Waals surface area contributed by atoms with E-state index in [2.05, 4.69) is 10.3 Å². The van der Waals surface area contributed by atoms with E-state index in [9.17, 15) is 14.9 Å². The maximum absolute atomic E-state index is 11.7. The van der Waals surface area contributed by atoms with Crippen molar-refractivity contribution in [2.24, 2.45) is 0 Å². The fraction of sp³-hybridized carbons (Fsp3) is 0. The highest BCUT2D eigenvalue weighted by atomic mass is 35.5. The molecule has 0 radical (unpaired) electrons. The average molecular weight is 304 g/mol. The van der Waals surface area contributed by atoms with Crippen LogP contribution in [0.1, 0.15) is 5.56 Å². The van der Waals surface area contributed by atoms with E-state index in [1.165, 1.54) is 30.5 Å². The average Bonchev–Trinajstić information content (AvgIpc) is 2.48. The molecule has 0 bridgehead atoms. The van der Waals surface area contributed by atoms with Crippen LogP contribution in [0.15, 0.2) is 48.7 Å². The molecule has 21 heavy (non-hydrogen) atoms. The molecule has 0 saturated carbocycles. The summed E-state index contributed by atoms with van der Waals surface area (Å²) >= 11 is 5.86. The summed E-state index contributed by atoms with van der Waals surface area (Å²) in [6.07, 6.45) is 4.23. The summed E-state index contributed by atoms with van der Waals surface area (Å²) in [5, 5.41) is 13.5. The lowest BCUT2D eigenvalue weighted by Crippen LogP contribution is -2.09. The number of benzene rings is 1. The number of nitrogens with one attached hydrogen (secondary N) is 1. The summed E-state index contributed by atoms with van der Waals surface area (Å²) in [6, 6.07) is 9.21. The Bertz CT molecular complexity index is 716. The summed E-state index contributed by atoms with van der Waals surface area (Å²) in [5.74, 6) is -0.171. The van der Waals surface area contributed by atoms with Gasteiger partial charge in [-0.05, 0) is 23.8 Å². The van der Waals surface area contributed by atoms with E-state index in [-0.39, 0.29) is 11.5 Å². The van der Waals surface area contributed by atoms with Gasteiger partial charge in [-0.3, -0.25) is 14.9 Å². The fourth-order valence-electron chi connectivity index (χ4n) is 1.55. The Labute approximate surface area is 125 Å². The first-order chi connectivity index (χ1) is 10.1. The Morgan fingerprint density at radius 1 is 1.33 bits per heavy atom. The predicted octanol–water partition coefficient (Wildman–Crippen LogP) is 3.30. The molecule has 0 fully saturated rings. The van der Waals surface area contributed by atoms with Crippen molar-refractivity contribution in [2.45, 2.75) is 0 Å². The minimum absolute atomic E-state index is 0.0367. The van der Waals surface area contributed by atoms with Crippen LogP contribution in [-0.2, 0) is 4.79 Å². The monoisotopic (exact) mass is 303 g/mol. The highest BCUT2D eigenvalue weighted by molar-refractivity contribution is 6.33.